The molecule has 152 valence electrons. The van der Waals surface area contributed by atoms with E-state index in [0.717, 1.165) is 6.92 Å². The average Bonchev–Trinajstić information content (AvgIpc) is 2.60. The Labute approximate surface area is 148 Å². The summed E-state index contributed by atoms with van der Waals surface area (Å²) in [5.74, 6) is -0.564. The van der Waals surface area contributed by atoms with E-state index < -0.39 is 80.5 Å². The Kier molecular flexibility index (Phi) is 7.27. The quantitative estimate of drug-likeness (QED) is 0.226. The summed E-state index contributed by atoms with van der Waals surface area (Å²) in [6.45, 7) is -0.195. The van der Waals surface area contributed by atoms with Gasteiger partial charge < -0.3 is 55.3 Å². The van der Waals surface area contributed by atoms with Crippen LogP contribution in [0.4, 0.5) is 0 Å². The van der Waals surface area contributed by atoms with Crippen LogP contribution < -0.4 is 5.32 Å². The number of nitrogens with one attached hydrogen (secondary N) is 1. The summed E-state index contributed by atoms with van der Waals surface area (Å²) in [5.41, 5.74) is 0. The first-order valence-corrected chi connectivity index (χ1v) is 8.06. The van der Waals surface area contributed by atoms with Crippen molar-refractivity contribution in [3.8, 4) is 0 Å². The molecule has 0 saturated carbocycles. The fourth-order valence-corrected chi connectivity index (χ4v) is 2.98. The molecule has 10 atom stereocenters. The summed E-state index contributed by atoms with van der Waals surface area (Å²) in [4.78, 5) is 11.2. The van der Waals surface area contributed by atoms with Gasteiger partial charge in [-0.1, -0.05) is 0 Å². The van der Waals surface area contributed by atoms with Crippen molar-refractivity contribution >= 4 is 5.91 Å². The monoisotopic (exact) mass is 383 g/mol. The summed E-state index contributed by atoms with van der Waals surface area (Å²) < 4.78 is 15.7. The molecule has 2 saturated heterocycles. The zero-order valence-corrected chi connectivity index (χ0v) is 14.0. The van der Waals surface area contributed by atoms with Crippen molar-refractivity contribution in [2.45, 2.75) is 68.3 Å². The average molecular weight is 383 g/mol. The molecule has 2 heterocycles. The maximum atomic E-state index is 11.2. The first-order valence-electron chi connectivity index (χ1n) is 8.06. The van der Waals surface area contributed by atoms with Gasteiger partial charge >= 0.3 is 0 Å². The minimum absolute atomic E-state index is 0.564. The number of rotatable bonds is 5. The lowest BCUT2D eigenvalue weighted by Crippen LogP contribution is -2.67. The smallest absolute Gasteiger partial charge is 0.217 e. The van der Waals surface area contributed by atoms with E-state index in [1.54, 1.807) is 0 Å². The molecular weight excluding hydrogens is 358 g/mol. The second-order valence-corrected chi connectivity index (χ2v) is 6.26. The van der Waals surface area contributed by atoms with Crippen LogP contribution in [-0.2, 0) is 19.0 Å². The number of hydrogen-bond donors (Lipinski definition) is 8. The predicted octanol–water partition coefficient (Wildman–Crippen LogP) is -5.25. The Morgan fingerprint density at radius 3 is 2.08 bits per heavy atom. The molecule has 0 radical (unpaired) electrons. The highest BCUT2D eigenvalue weighted by atomic mass is 16.7. The van der Waals surface area contributed by atoms with E-state index in [9.17, 15) is 40.5 Å². The Hall–Kier alpha value is -0.930. The molecule has 2 fully saturated rings. The number of hydrogen-bond acceptors (Lipinski definition) is 11. The highest BCUT2D eigenvalue weighted by Gasteiger charge is 2.50. The number of amides is 1. The van der Waals surface area contributed by atoms with Crippen LogP contribution in [0.25, 0.3) is 0 Å². The lowest BCUT2D eigenvalue weighted by Gasteiger charge is -2.46. The molecule has 0 aliphatic carbocycles. The first-order chi connectivity index (χ1) is 12.2. The van der Waals surface area contributed by atoms with Gasteiger partial charge in [0.25, 0.3) is 0 Å². The summed E-state index contributed by atoms with van der Waals surface area (Å²) in [6.07, 6.45) is -13.6. The number of aliphatic hydroxyl groups excluding tert-OH is 7. The van der Waals surface area contributed by atoms with Gasteiger partial charge in [0.1, 0.15) is 48.8 Å². The SMILES string of the molecule is CC(=O)N[C@H]1C(O)O[C@H](CO)[C@H](O[C@H]2O[C@H](CO)[C@H](O)[C@H](O)[C@H]2O)[C@@H]1O. The zero-order chi connectivity index (χ0) is 19.6. The summed E-state index contributed by atoms with van der Waals surface area (Å²) >= 11 is 0. The van der Waals surface area contributed by atoms with Gasteiger partial charge in [-0.05, 0) is 0 Å². The Morgan fingerprint density at radius 1 is 0.923 bits per heavy atom. The van der Waals surface area contributed by atoms with Crippen molar-refractivity contribution in [3.63, 3.8) is 0 Å². The molecule has 2 aliphatic heterocycles. The van der Waals surface area contributed by atoms with Gasteiger partial charge in [0.15, 0.2) is 12.6 Å². The number of ether oxygens (including phenoxy) is 3. The Morgan fingerprint density at radius 2 is 1.54 bits per heavy atom. The van der Waals surface area contributed by atoms with E-state index in [1.807, 2.05) is 0 Å². The summed E-state index contributed by atoms with van der Waals surface area (Å²) in [7, 11) is 0. The van der Waals surface area contributed by atoms with Gasteiger partial charge in [0.05, 0.1) is 13.2 Å². The number of aliphatic hydroxyl groups is 7. The van der Waals surface area contributed by atoms with Crippen LogP contribution in [0.2, 0.25) is 0 Å². The molecule has 12 nitrogen and oxygen atoms in total. The van der Waals surface area contributed by atoms with Crippen molar-refractivity contribution in [1.29, 1.82) is 0 Å². The third-order valence-electron chi connectivity index (χ3n) is 4.38. The normalized spacial score (nSPS) is 46.8. The number of carbonyl (C=O) groups excluding carboxylic acids is 1. The molecule has 1 unspecified atom stereocenters. The minimum Gasteiger partial charge on any atom is -0.394 e. The highest BCUT2D eigenvalue weighted by Crippen LogP contribution is 2.28. The van der Waals surface area contributed by atoms with Crippen molar-refractivity contribution in [2.24, 2.45) is 0 Å². The van der Waals surface area contributed by atoms with Gasteiger partial charge in [0.2, 0.25) is 5.91 Å². The molecule has 2 rings (SSSR count). The van der Waals surface area contributed by atoms with E-state index in [4.69, 9.17) is 14.2 Å². The molecular formula is C14H25NO11. The molecule has 26 heavy (non-hydrogen) atoms. The van der Waals surface area contributed by atoms with Crippen LogP contribution in [0.3, 0.4) is 0 Å². The highest BCUT2D eigenvalue weighted by molar-refractivity contribution is 5.73. The van der Waals surface area contributed by atoms with Crippen LogP contribution in [-0.4, -0.2) is 116 Å². The van der Waals surface area contributed by atoms with Crippen LogP contribution in [0.5, 0.6) is 0 Å². The summed E-state index contributed by atoms with van der Waals surface area (Å²) in [6, 6.07) is -1.29. The van der Waals surface area contributed by atoms with Gasteiger partial charge in [-0.3, -0.25) is 4.79 Å². The van der Waals surface area contributed by atoms with Crippen molar-refractivity contribution < 1.29 is 54.8 Å². The molecule has 2 aliphatic rings. The number of carbonyl (C=O) groups is 1. The predicted molar refractivity (Wildman–Crippen MR) is 80.2 cm³/mol. The largest absolute Gasteiger partial charge is 0.394 e. The van der Waals surface area contributed by atoms with Gasteiger partial charge in [-0.2, -0.15) is 0 Å². The lowest BCUT2D eigenvalue weighted by molar-refractivity contribution is -0.345. The van der Waals surface area contributed by atoms with Crippen LogP contribution >= 0.6 is 0 Å². The molecule has 0 spiro atoms. The van der Waals surface area contributed by atoms with Crippen molar-refractivity contribution in [2.75, 3.05) is 13.2 Å². The van der Waals surface area contributed by atoms with E-state index in [0.29, 0.717) is 0 Å². The standard InChI is InChI=1S/C14H25NO11/c1-4(18)15-7-9(20)12(6(3-17)24-13(7)23)26-14-11(22)10(21)8(19)5(2-16)25-14/h5-14,16-17,19-23H,2-3H2,1H3,(H,15,18)/t5-,6-,7-,8+,9-,10+,11-,12+,13?,14-/m1/s1. The van der Waals surface area contributed by atoms with Crippen molar-refractivity contribution in [3.05, 3.63) is 0 Å². The fourth-order valence-electron chi connectivity index (χ4n) is 2.98. The summed E-state index contributed by atoms with van der Waals surface area (Å²) in [5, 5.41) is 70.7. The van der Waals surface area contributed by atoms with Crippen LogP contribution in [0, 0.1) is 0 Å². The van der Waals surface area contributed by atoms with Crippen molar-refractivity contribution in [1.82, 2.24) is 5.32 Å². The Bertz CT molecular complexity index is 478. The molecule has 0 aromatic carbocycles. The minimum atomic E-state index is -1.73. The second kappa shape index (κ2) is 8.84. The van der Waals surface area contributed by atoms with E-state index >= 15 is 0 Å². The third kappa shape index (κ3) is 4.31. The van der Waals surface area contributed by atoms with Crippen LogP contribution in [0.1, 0.15) is 6.92 Å². The Balaban J connectivity index is 2.16. The molecule has 0 aromatic rings. The second-order valence-electron chi connectivity index (χ2n) is 6.26. The maximum Gasteiger partial charge on any atom is 0.217 e. The third-order valence-corrected chi connectivity index (χ3v) is 4.38. The molecule has 8 N–H and O–H groups in total. The van der Waals surface area contributed by atoms with E-state index in [2.05, 4.69) is 5.32 Å². The van der Waals surface area contributed by atoms with E-state index in [-0.39, 0.29) is 0 Å². The van der Waals surface area contributed by atoms with Gasteiger partial charge in [-0.25, -0.2) is 0 Å². The lowest BCUT2D eigenvalue weighted by atomic mass is 9.95. The van der Waals surface area contributed by atoms with Gasteiger partial charge in [-0.15, -0.1) is 0 Å². The molecule has 1 amide bonds. The molecule has 12 heteroatoms. The topological polar surface area (TPSA) is 198 Å². The van der Waals surface area contributed by atoms with Crippen LogP contribution in [0.15, 0.2) is 0 Å². The fraction of sp³-hybridized carbons (Fsp3) is 0.929. The molecule has 0 bridgehead atoms. The molecule has 0 aromatic heterocycles. The maximum absolute atomic E-state index is 11.2. The first kappa shape index (κ1) is 21.4. The zero-order valence-electron chi connectivity index (χ0n) is 14.0. The van der Waals surface area contributed by atoms with Gasteiger partial charge in [0, 0.05) is 6.92 Å². The van der Waals surface area contributed by atoms with E-state index in [1.165, 1.54) is 0 Å².